The molecular weight excluding hydrogens is 351 g/mol. The maximum atomic E-state index is 12.7. The van der Waals surface area contributed by atoms with Gasteiger partial charge in [-0.2, -0.15) is 0 Å². The van der Waals surface area contributed by atoms with Gasteiger partial charge in [-0.15, -0.1) is 0 Å². The topological polar surface area (TPSA) is 63.7 Å². The Labute approximate surface area is 147 Å². The highest BCUT2D eigenvalue weighted by Gasteiger charge is 2.13. The number of pyridine rings is 1. The van der Waals surface area contributed by atoms with Crippen LogP contribution < -0.4 is 11.0 Å². The van der Waals surface area contributed by atoms with Crippen LogP contribution in [-0.4, -0.2) is 14.1 Å². The van der Waals surface area contributed by atoms with Crippen LogP contribution in [0.5, 0.6) is 5.75 Å². The highest BCUT2D eigenvalue weighted by Crippen LogP contribution is 2.23. The molecule has 0 spiro atoms. The molecule has 0 atom stereocenters. The number of aromatic nitrogens is 2. The SMILES string of the molecule is CCc1cn(Cc2ccc(Cl)c(Cl)c2)c(=O)c2c(O)c(=O)ccn12. The van der Waals surface area contributed by atoms with Gasteiger partial charge in [-0.3, -0.25) is 9.59 Å². The lowest BCUT2D eigenvalue weighted by Crippen LogP contribution is -2.26. The Morgan fingerprint density at radius 2 is 1.88 bits per heavy atom. The summed E-state index contributed by atoms with van der Waals surface area (Å²) in [5, 5.41) is 10.9. The molecule has 0 aliphatic rings. The van der Waals surface area contributed by atoms with Crippen LogP contribution in [0.25, 0.3) is 5.52 Å². The molecule has 0 aliphatic heterocycles. The van der Waals surface area contributed by atoms with Gasteiger partial charge >= 0.3 is 0 Å². The quantitative estimate of drug-likeness (QED) is 0.776. The molecule has 2 aromatic heterocycles. The zero-order valence-corrected chi connectivity index (χ0v) is 14.3. The van der Waals surface area contributed by atoms with Crippen molar-refractivity contribution in [2.75, 3.05) is 0 Å². The smallest absolute Gasteiger partial charge is 0.279 e. The molecule has 5 nitrogen and oxygen atoms in total. The van der Waals surface area contributed by atoms with Crippen LogP contribution in [0.4, 0.5) is 0 Å². The molecule has 0 unspecified atom stereocenters. The second-order valence-electron chi connectivity index (χ2n) is 5.40. The van der Waals surface area contributed by atoms with E-state index in [0.717, 1.165) is 11.3 Å². The number of aryl methyl sites for hydroxylation is 1. The Morgan fingerprint density at radius 3 is 2.54 bits per heavy atom. The van der Waals surface area contributed by atoms with Crippen molar-refractivity contribution in [1.29, 1.82) is 0 Å². The third-order valence-electron chi connectivity index (χ3n) is 3.85. The van der Waals surface area contributed by atoms with Crippen LogP contribution in [0.3, 0.4) is 0 Å². The van der Waals surface area contributed by atoms with Crippen LogP contribution in [-0.2, 0) is 13.0 Å². The fourth-order valence-electron chi connectivity index (χ4n) is 2.62. The van der Waals surface area contributed by atoms with E-state index < -0.39 is 16.7 Å². The van der Waals surface area contributed by atoms with Gasteiger partial charge in [-0.1, -0.05) is 36.2 Å². The second-order valence-corrected chi connectivity index (χ2v) is 6.22. The van der Waals surface area contributed by atoms with Crippen molar-refractivity contribution in [2.45, 2.75) is 19.9 Å². The Hall–Kier alpha value is -2.24. The summed E-state index contributed by atoms with van der Waals surface area (Å²) in [5.41, 5.74) is 0.521. The summed E-state index contributed by atoms with van der Waals surface area (Å²) in [4.78, 5) is 24.4. The maximum Gasteiger partial charge on any atom is 0.279 e. The molecule has 0 saturated carbocycles. The molecule has 0 radical (unpaired) electrons. The van der Waals surface area contributed by atoms with Crippen LogP contribution in [0.15, 0.2) is 46.2 Å². The van der Waals surface area contributed by atoms with Crippen molar-refractivity contribution in [1.82, 2.24) is 8.97 Å². The molecule has 0 bridgehead atoms. The van der Waals surface area contributed by atoms with Crippen molar-refractivity contribution >= 4 is 28.7 Å². The predicted molar refractivity (Wildman–Crippen MR) is 94.5 cm³/mol. The van der Waals surface area contributed by atoms with Crippen molar-refractivity contribution < 1.29 is 5.11 Å². The third kappa shape index (κ3) is 2.81. The number of aromatic hydroxyl groups is 1. The minimum absolute atomic E-state index is 0.0260. The normalized spacial score (nSPS) is 11.1. The first-order valence-electron chi connectivity index (χ1n) is 7.33. The first-order valence-corrected chi connectivity index (χ1v) is 8.08. The molecule has 1 aromatic carbocycles. The summed E-state index contributed by atoms with van der Waals surface area (Å²) < 4.78 is 3.00. The monoisotopic (exact) mass is 364 g/mol. The predicted octanol–water partition coefficient (Wildman–Crippen LogP) is 3.08. The van der Waals surface area contributed by atoms with Gasteiger partial charge in [0.15, 0.2) is 11.3 Å². The maximum absolute atomic E-state index is 12.7. The summed E-state index contributed by atoms with van der Waals surface area (Å²) in [6, 6.07) is 6.36. The standard InChI is InChI=1S/C17H14Cl2N2O3/c1-2-11-9-20(8-10-3-4-12(18)13(19)7-10)17(24)15-16(23)14(22)5-6-21(11)15/h3-7,9,23H,2,8H2,1H3. The molecule has 0 aliphatic carbocycles. The van der Waals surface area contributed by atoms with E-state index in [9.17, 15) is 14.7 Å². The van der Waals surface area contributed by atoms with E-state index in [-0.39, 0.29) is 12.1 Å². The fourth-order valence-corrected chi connectivity index (χ4v) is 2.94. The first kappa shape index (κ1) is 16.6. The molecule has 2 heterocycles. The van der Waals surface area contributed by atoms with E-state index in [0.29, 0.717) is 16.5 Å². The van der Waals surface area contributed by atoms with Crippen LogP contribution in [0.2, 0.25) is 10.0 Å². The van der Waals surface area contributed by atoms with Crippen molar-refractivity contribution in [3.05, 3.63) is 78.5 Å². The molecule has 0 amide bonds. The minimum Gasteiger partial charge on any atom is -0.503 e. The summed E-state index contributed by atoms with van der Waals surface area (Å²) in [6.45, 7) is 2.18. The van der Waals surface area contributed by atoms with Gasteiger partial charge < -0.3 is 14.1 Å². The summed E-state index contributed by atoms with van der Waals surface area (Å²) in [5.74, 6) is -0.541. The molecule has 3 aromatic rings. The summed E-state index contributed by atoms with van der Waals surface area (Å²) in [6.07, 6.45) is 3.84. The Kier molecular flexibility index (Phi) is 4.39. The number of fused-ring (bicyclic) bond motifs is 1. The number of hydrogen-bond acceptors (Lipinski definition) is 3. The van der Waals surface area contributed by atoms with E-state index in [1.54, 1.807) is 28.8 Å². The zero-order valence-electron chi connectivity index (χ0n) is 12.8. The lowest BCUT2D eigenvalue weighted by Gasteiger charge is -2.14. The van der Waals surface area contributed by atoms with Crippen molar-refractivity contribution in [3.8, 4) is 5.75 Å². The number of benzene rings is 1. The zero-order chi connectivity index (χ0) is 17.4. The lowest BCUT2D eigenvalue weighted by atomic mass is 10.2. The van der Waals surface area contributed by atoms with E-state index in [4.69, 9.17) is 23.2 Å². The Balaban J connectivity index is 2.23. The molecule has 24 heavy (non-hydrogen) atoms. The van der Waals surface area contributed by atoms with Gasteiger partial charge in [-0.25, -0.2) is 0 Å². The molecule has 7 heteroatoms. The molecule has 0 fully saturated rings. The van der Waals surface area contributed by atoms with E-state index in [1.807, 2.05) is 6.92 Å². The first-order chi connectivity index (χ1) is 11.4. The van der Waals surface area contributed by atoms with Gasteiger partial charge in [0.2, 0.25) is 5.43 Å². The largest absolute Gasteiger partial charge is 0.503 e. The third-order valence-corrected chi connectivity index (χ3v) is 4.59. The van der Waals surface area contributed by atoms with Crippen LogP contribution in [0.1, 0.15) is 18.2 Å². The molecular formula is C17H14Cl2N2O3. The Morgan fingerprint density at radius 1 is 1.12 bits per heavy atom. The molecule has 0 saturated heterocycles. The summed E-state index contributed by atoms with van der Waals surface area (Å²) in [7, 11) is 0. The van der Waals surface area contributed by atoms with Gasteiger partial charge in [0.05, 0.1) is 16.6 Å². The van der Waals surface area contributed by atoms with E-state index in [2.05, 4.69) is 0 Å². The van der Waals surface area contributed by atoms with Crippen LogP contribution >= 0.6 is 23.2 Å². The number of rotatable bonds is 3. The fraction of sp³-hybridized carbons (Fsp3) is 0.176. The van der Waals surface area contributed by atoms with E-state index in [1.165, 1.54) is 16.8 Å². The highest BCUT2D eigenvalue weighted by atomic mass is 35.5. The summed E-state index contributed by atoms with van der Waals surface area (Å²) >= 11 is 11.9. The average Bonchev–Trinajstić information content (AvgIpc) is 2.56. The van der Waals surface area contributed by atoms with Crippen molar-refractivity contribution in [3.63, 3.8) is 0 Å². The van der Waals surface area contributed by atoms with Crippen molar-refractivity contribution in [2.24, 2.45) is 0 Å². The number of hydrogen-bond donors (Lipinski definition) is 1. The number of halogens is 2. The van der Waals surface area contributed by atoms with Gasteiger partial charge in [-0.05, 0) is 24.1 Å². The van der Waals surface area contributed by atoms with Gasteiger partial charge in [0.25, 0.3) is 5.56 Å². The lowest BCUT2D eigenvalue weighted by molar-refractivity contribution is 0.471. The van der Waals surface area contributed by atoms with E-state index >= 15 is 0 Å². The van der Waals surface area contributed by atoms with Gasteiger partial charge in [0, 0.05) is 24.2 Å². The Bertz CT molecular complexity index is 1050. The average molecular weight is 365 g/mol. The van der Waals surface area contributed by atoms with Gasteiger partial charge in [0.1, 0.15) is 0 Å². The molecule has 124 valence electrons. The highest BCUT2D eigenvalue weighted by molar-refractivity contribution is 6.42. The minimum atomic E-state index is -0.582. The molecule has 1 N–H and O–H groups in total. The molecule has 3 rings (SSSR count). The second kappa shape index (κ2) is 6.34. The number of nitrogens with zero attached hydrogens (tertiary/aromatic N) is 2. The van der Waals surface area contributed by atoms with Crippen LogP contribution in [0, 0.1) is 0 Å².